The number of hydrogen-bond acceptors (Lipinski definition) is 5. The van der Waals surface area contributed by atoms with E-state index in [0.717, 1.165) is 24.3 Å². The fraction of sp³-hybridized carbons (Fsp3) is 0.562. The summed E-state index contributed by atoms with van der Waals surface area (Å²) in [5.74, 6) is 1.07. The van der Waals surface area contributed by atoms with Crippen LogP contribution in [-0.2, 0) is 9.53 Å². The van der Waals surface area contributed by atoms with Crippen molar-refractivity contribution in [1.29, 1.82) is 0 Å². The SMILES string of the molecule is CCCNC1COc2cc(OCC(=O)OC(C)C)ccc21. The third-order valence-corrected chi connectivity index (χ3v) is 3.13. The molecule has 0 radical (unpaired) electrons. The highest BCUT2D eigenvalue weighted by Crippen LogP contribution is 2.35. The molecule has 2 rings (SSSR count). The number of rotatable bonds is 7. The lowest BCUT2D eigenvalue weighted by molar-refractivity contribution is -0.149. The van der Waals surface area contributed by atoms with Gasteiger partial charge < -0.3 is 19.5 Å². The van der Waals surface area contributed by atoms with E-state index in [0.29, 0.717) is 12.4 Å². The Morgan fingerprint density at radius 2 is 2.29 bits per heavy atom. The van der Waals surface area contributed by atoms with Crippen molar-refractivity contribution in [3.8, 4) is 11.5 Å². The smallest absolute Gasteiger partial charge is 0.344 e. The molecule has 0 fully saturated rings. The predicted octanol–water partition coefficient (Wildman–Crippen LogP) is 2.45. The molecular formula is C16H23NO4. The zero-order valence-electron chi connectivity index (χ0n) is 12.8. The molecule has 0 saturated carbocycles. The number of carbonyl (C=O) groups is 1. The number of ether oxygens (including phenoxy) is 3. The van der Waals surface area contributed by atoms with Crippen LogP contribution in [0.25, 0.3) is 0 Å². The van der Waals surface area contributed by atoms with Gasteiger partial charge in [0.2, 0.25) is 0 Å². The Morgan fingerprint density at radius 3 is 3.00 bits per heavy atom. The standard InChI is InChI=1S/C16H23NO4/c1-4-7-17-14-9-20-15-8-12(5-6-13(14)15)19-10-16(18)21-11(2)3/h5-6,8,11,14,17H,4,7,9-10H2,1-3H3. The first-order valence-electron chi connectivity index (χ1n) is 7.42. The van der Waals surface area contributed by atoms with E-state index in [2.05, 4.69) is 12.2 Å². The Hall–Kier alpha value is -1.75. The second-order valence-electron chi connectivity index (χ2n) is 5.34. The topological polar surface area (TPSA) is 56.8 Å². The molecule has 1 unspecified atom stereocenters. The van der Waals surface area contributed by atoms with E-state index in [4.69, 9.17) is 14.2 Å². The molecule has 1 atom stereocenters. The molecule has 1 aliphatic heterocycles. The molecule has 0 amide bonds. The van der Waals surface area contributed by atoms with Gasteiger partial charge >= 0.3 is 5.97 Å². The summed E-state index contributed by atoms with van der Waals surface area (Å²) in [7, 11) is 0. The summed E-state index contributed by atoms with van der Waals surface area (Å²) in [6.45, 7) is 7.27. The number of benzene rings is 1. The summed E-state index contributed by atoms with van der Waals surface area (Å²) < 4.78 is 16.1. The number of carbonyl (C=O) groups excluding carboxylic acids is 1. The molecule has 1 aliphatic rings. The van der Waals surface area contributed by atoms with Gasteiger partial charge in [0, 0.05) is 11.6 Å². The number of fused-ring (bicyclic) bond motifs is 1. The van der Waals surface area contributed by atoms with Crippen LogP contribution in [0.5, 0.6) is 11.5 Å². The van der Waals surface area contributed by atoms with Gasteiger partial charge in [-0.1, -0.05) is 6.92 Å². The van der Waals surface area contributed by atoms with Crippen molar-refractivity contribution in [2.24, 2.45) is 0 Å². The maximum absolute atomic E-state index is 11.4. The van der Waals surface area contributed by atoms with E-state index in [-0.39, 0.29) is 24.7 Å². The van der Waals surface area contributed by atoms with Crippen LogP contribution in [0.1, 0.15) is 38.8 Å². The van der Waals surface area contributed by atoms with Gasteiger partial charge in [-0.3, -0.25) is 0 Å². The van der Waals surface area contributed by atoms with Gasteiger partial charge in [0.15, 0.2) is 6.61 Å². The van der Waals surface area contributed by atoms with Crippen LogP contribution in [0, 0.1) is 0 Å². The maximum atomic E-state index is 11.4. The summed E-state index contributed by atoms with van der Waals surface area (Å²) in [4.78, 5) is 11.4. The van der Waals surface area contributed by atoms with E-state index >= 15 is 0 Å². The Bertz CT molecular complexity index is 487. The first-order valence-corrected chi connectivity index (χ1v) is 7.42. The monoisotopic (exact) mass is 293 g/mol. The van der Waals surface area contributed by atoms with Crippen LogP contribution >= 0.6 is 0 Å². The number of hydrogen-bond donors (Lipinski definition) is 1. The fourth-order valence-electron chi connectivity index (χ4n) is 2.21. The van der Waals surface area contributed by atoms with Crippen LogP contribution in [0.15, 0.2) is 18.2 Å². The highest BCUT2D eigenvalue weighted by molar-refractivity contribution is 5.71. The summed E-state index contributed by atoms with van der Waals surface area (Å²) in [6.07, 6.45) is 0.959. The van der Waals surface area contributed by atoms with Crippen molar-refractivity contribution >= 4 is 5.97 Å². The fourth-order valence-corrected chi connectivity index (χ4v) is 2.21. The molecule has 21 heavy (non-hydrogen) atoms. The molecule has 5 heteroatoms. The third-order valence-electron chi connectivity index (χ3n) is 3.13. The molecular weight excluding hydrogens is 270 g/mol. The van der Waals surface area contributed by atoms with E-state index in [9.17, 15) is 4.79 Å². The summed E-state index contributed by atoms with van der Waals surface area (Å²) in [5.41, 5.74) is 1.14. The second-order valence-corrected chi connectivity index (χ2v) is 5.34. The highest BCUT2D eigenvalue weighted by Gasteiger charge is 2.23. The molecule has 116 valence electrons. The average Bonchev–Trinajstić information content (AvgIpc) is 2.84. The van der Waals surface area contributed by atoms with Crippen LogP contribution in [0.2, 0.25) is 0 Å². The van der Waals surface area contributed by atoms with Crippen molar-refractivity contribution in [3.63, 3.8) is 0 Å². The molecule has 0 aliphatic carbocycles. The lowest BCUT2D eigenvalue weighted by Crippen LogP contribution is -2.23. The molecule has 0 spiro atoms. The quantitative estimate of drug-likeness (QED) is 0.783. The molecule has 1 aromatic carbocycles. The first-order chi connectivity index (χ1) is 10.1. The van der Waals surface area contributed by atoms with Gasteiger partial charge in [-0.2, -0.15) is 0 Å². The third kappa shape index (κ3) is 4.36. The predicted molar refractivity (Wildman–Crippen MR) is 79.7 cm³/mol. The lowest BCUT2D eigenvalue weighted by atomic mass is 10.1. The molecule has 0 bridgehead atoms. The Morgan fingerprint density at radius 1 is 1.48 bits per heavy atom. The molecule has 1 heterocycles. The summed E-state index contributed by atoms with van der Waals surface area (Å²) in [6, 6.07) is 5.90. The number of esters is 1. The molecule has 1 aromatic rings. The zero-order valence-corrected chi connectivity index (χ0v) is 12.8. The van der Waals surface area contributed by atoms with Crippen molar-refractivity contribution in [2.45, 2.75) is 39.3 Å². The summed E-state index contributed by atoms with van der Waals surface area (Å²) in [5, 5.41) is 3.44. The van der Waals surface area contributed by atoms with Gasteiger partial charge in [0.25, 0.3) is 0 Å². The van der Waals surface area contributed by atoms with E-state index in [1.165, 1.54) is 0 Å². The van der Waals surface area contributed by atoms with Gasteiger partial charge in [-0.25, -0.2) is 4.79 Å². The normalized spacial score (nSPS) is 16.5. The van der Waals surface area contributed by atoms with Gasteiger partial charge in [-0.15, -0.1) is 0 Å². The van der Waals surface area contributed by atoms with Crippen LogP contribution in [-0.4, -0.2) is 31.8 Å². The summed E-state index contributed by atoms with van der Waals surface area (Å²) >= 11 is 0. The van der Waals surface area contributed by atoms with Crippen molar-refractivity contribution in [1.82, 2.24) is 5.32 Å². The molecule has 0 saturated heterocycles. The molecule has 0 aromatic heterocycles. The van der Waals surface area contributed by atoms with Crippen LogP contribution in [0.3, 0.4) is 0 Å². The van der Waals surface area contributed by atoms with Gasteiger partial charge in [0.1, 0.15) is 18.1 Å². The van der Waals surface area contributed by atoms with Crippen molar-refractivity contribution < 1.29 is 19.0 Å². The second kappa shape index (κ2) is 7.31. The van der Waals surface area contributed by atoms with Gasteiger partial charge in [-0.05, 0) is 38.9 Å². The molecule has 5 nitrogen and oxygen atoms in total. The number of nitrogens with one attached hydrogen (secondary N) is 1. The highest BCUT2D eigenvalue weighted by atomic mass is 16.6. The minimum absolute atomic E-state index is 0.0888. The van der Waals surface area contributed by atoms with Crippen molar-refractivity contribution in [3.05, 3.63) is 23.8 Å². The average molecular weight is 293 g/mol. The van der Waals surface area contributed by atoms with Crippen LogP contribution in [0.4, 0.5) is 0 Å². The Balaban J connectivity index is 1.91. The van der Waals surface area contributed by atoms with Crippen molar-refractivity contribution in [2.75, 3.05) is 19.8 Å². The Kier molecular flexibility index (Phi) is 5.44. The molecule has 1 N–H and O–H groups in total. The first kappa shape index (κ1) is 15.6. The Labute approximate surface area is 125 Å². The maximum Gasteiger partial charge on any atom is 0.344 e. The van der Waals surface area contributed by atoms with Crippen LogP contribution < -0.4 is 14.8 Å². The van der Waals surface area contributed by atoms with E-state index in [1.807, 2.05) is 32.0 Å². The minimum Gasteiger partial charge on any atom is -0.491 e. The largest absolute Gasteiger partial charge is 0.491 e. The van der Waals surface area contributed by atoms with Gasteiger partial charge in [0.05, 0.1) is 12.1 Å². The van der Waals surface area contributed by atoms with E-state index in [1.54, 1.807) is 0 Å². The minimum atomic E-state index is -0.367. The lowest BCUT2D eigenvalue weighted by Gasteiger charge is -2.11. The van der Waals surface area contributed by atoms with E-state index < -0.39 is 0 Å². The zero-order chi connectivity index (χ0) is 15.2.